The molecule has 0 saturated carbocycles. The quantitative estimate of drug-likeness (QED) is 0.177. The van der Waals surface area contributed by atoms with Crippen LogP contribution in [0.2, 0.25) is 0 Å². The summed E-state index contributed by atoms with van der Waals surface area (Å²) in [5.74, 6) is 1.90. The predicted octanol–water partition coefficient (Wildman–Crippen LogP) is 13.0. The molecule has 0 N–H and O–H groups in total. The van der Waals surface area contributed by atoms with Crippen molar-refractivity contribution in [3.8, 4) is 45.5 Å². The summed E-state index contributed by atoms with van der Waals surface area (Å²) in [7, 11) is 0. The van der Waals surface area contributed by atoms with E-state index in [1.54, 1.807) is 0 Å². The molecule has 4 heterocycles. The van der Waals surface area contributed by atoms with E-state index in [0.717, 1.165) is 66.4 Å². The highest BCUT2D eigenvalue weighted by Gasteiger charge is 2.21. The van der Waals surface area contributed by atoms with Gasteiger partial charge in [0.05, 0.1) is 22.1 Å². The Balaban J connectivity index is 1.03. The Labute approximate surface area is 326 Å². The van der Waals surface area contributed by atoms with Gasteiger partial charge in [0, 0.05) is 66.4 Å². The molecule has 0 spiro atoms. The lowest BCUT2D eigenvalue weighted by molar-refractivity contribution is 0.671. The van der Waals surface area contributed by atoms with Gasteiger partial charge in [0.25, 0.3) is 0 Å². The van der Waals surface area contributed by atoms with Crippen LogP contribution in [0.5, 0.6) is 0 Å². The number of benzene rings is 8. The maximum Gasteiger partial charge on any atom is 0.164 e. The summed E-state index contributed by atoms with van der Waals surface area (Å²) in [6.07, 6.45) is 0. The van der Waals surface area contributed by atoms with E-state index in [1.807, 2.05) is 60.7 Å². The largest absolute Gasteiger partial charge is 0.454 e. The zero-order chi connectivity index (χ0) is 37.5. The summed E-state index contributed by atoms with van der Waals surface area (Å²) >= 11 is 0. The molecule has 57 heavy (non-hydrogen) atoms. The lowest BCUT2D eigenvalue weighted by Crippen LogP contribution is -2.00. The second kappa shape index (κ2) is 12.3. The number of furan rings is 1. The summed E-state index contributed by atoms with van der Waals surface area (Å²) in [5.41, 5.74) is 11.1. The predicted molar refractivity (Wildman–Crippen MR) is 232 cm³/mol. The first-order chi connectivity index (χ1) is 28.3. The van der Waals surface area contributed by atoms with Crippen LogP contribution in [0, 0.1) is 0 Å². The monoisotopic (exact) mass is 729 g/mol. The molecule has 0 bridgehead atoms. The molecule has 6 heteroatoms. The van der Waals surface area contributed by atoms with Crippen LogP contribution in [0.15, 0.2) is 192 Å². The van der Waals surface area contributed by atoms with Crippen molar-refractivity contribution in [1.82, 2.24) is 24.1 Å². The van der Waals surface area contributed by atoms with Gasteiger partial charge in [-0.2, -0.15) is 0 Å². The number of fused-ring (bicyclic) bond motifs is 10. The minimum atomic E-state index is 0.621. The first kappa shape index (κ1) is 31.5. The van der Waals surface area contributed by atoms with E-state index in [9.17, 15) is 0 Å². The molecule has 4 aromatic heterocycles. The number of para-hydroxylation sites is 3. The molecule has 6 nitrogen and oxygen atoms in total. The maximum absolute atomic E-state index is 6.96. The summed E-state index contributed by atoms with van der Waals surface area (Å²) < 4.78 is 11.6. The molecule has 0 fully saturated rings. The van der Waals surface area contributed by atoms with Gasteiger partial charge >= 0.3 is 0 Å². The second-order valence-corrected chi connectivity index (χ2v) is 14.4. The molecule has 12 aromatic rings. The Hall–Kier alpha value is -7.83. The Morgan fingerprint density at radius 3 is 1.35 bits per heavy atom. The number of rotatable bonds is 5. The lowest BCUT2D eigenvalue weighted by Gasteiger charge is -2.11. The summed E-state index contributed by atoms with van der Waals surface area (Å²) in [4.78, 5) is 14.8. The van der Waals surface area contributed by atoms with Crippen LogP contribution in [-0.4, -0.2) is 24.1 Å². The molecule has 0 aliphatic rings. The van der Waals surface area contributed by atoms with Crippen LogP contribution in [0.4, 0.5) is 0 Å². The van der Waals surface area contributed by atoms with E-state index < -0.39 is 0 Å². The van der Waals surface area contributed by atoms with Gasteiger partial charge in [-0.05, 0) is 60.7 Å². The third kappa shape index (κ3) is 4.87. The normalized spacial score (nSPS) is 11.9. The number of aromatic nitrogens is 5. The third-order valence-corrected chi connectivity index (χ3v) is 11.2. The van der Waals surface area contributed by atoms with E-state index >= 15 is 0 Å². The lowest BCUT2D eigenvalue weighted by atomic mass is 10.1. The highest BCUT2D eigenvalue weighted by Crippen LogP contribution is 2.41. The topological polar surface area (TPSA) is 61.7 Å². The molecule has 0 unspecified atom stereocenters. The third-order valence-electron chi connectivity index (χ3n) is 11.2. The van der Waals surface area contributed by atoms with Crippen molar-refractivity contribution < 1.29 is 4.42 Å². The number of hydrogen-bond acceptors (Lipinski definition) is 4. The molecule has 0 radical (unpaired) electrons. The molecule has 0 amide bonds. The first-order valence-corrected chi connectivity index (χ1v) is 19.1. The molecular weight excluding hydrogens is 699 g/mol. The van der Waals surface area contributed by atoms with Gasteiger partial charge in [-0.15, -0.1) is 0 Å². The highest BCUT2D eigenvalue weighted by molar-refractivity contribution is 6.21. The van der Waals surface area contributed by atoms with E-state index in [0.29, 0.717) is 17.5 Å². The second-order valence-electron chi connectivity index (χ2n) is 14.4. The molecule has 0 aliphatic heterocycles. The van der Waals surface area contributed by atoms with Crippen LogP contribution in [0.1, 0.15) is 0 Å². The van der Waals surface area contributed by atoms with Gasteiger partial charge < -0.3 is 13.6 Å². The molecule has 8 aromatic carbocycles. The van der Waals surface area contributed by atoms with Gasteiger partial charge in [-0.25, -0.2) is 15.0 Å². The van der Waals surface area contributed by atoms with Gasteiger partial charge in [-0.3, -0.25) is 0 Å². The summed E-state index contributed by atoms with van der Waals surface area (Å²) in [6, 6.07) is 65.5. The molecule has 266 valence electrons. The van der Waals surface area contributed by atoms with Crippen molar-refractivity contribution >= 4 is 65.6 Å². The van der Waals surface area contributed by atoms with Crippen molar-refractivity contribution in [3.05, 3.63) is 188 Å². The molecular formula is C51H31N5O. The van der Waals surface area contributed by atoms with Crippen LogP contribution in [0.3, 0.4) is 0 Å². The Morgan fingerprint density at radius 2 is 0.772 bits per heavy atom. The van der Waals surface area contributed by atoms with Crippen LogP contribution in [0.25, 0.3) is 111 Å². The zero-order valence-corrected chi connectivity index (χ0v) is 30.5. The van der Waals surface area contributed by atoms with Gasteiger partial charge in [0.15, 0.2) is 23.1 Å². The standard InChI is InChI=1S/C51H31N5O/c1-3-13-32(14-4-1)49-52-50(33-15-5-2-6-16-33)54-51(53-49)34-23-25-35(26-24-34)56-45-22-12-9-19-39(45)41-29-30-42-40-28-27-36(31-46(40)57-48(42)47(41)56)55-43-20-10-7-17-37(43)38-18-8-11-21-44(38)55/h1-31H. The van der Waals surface area contributed by atoms with Crippen molar-refractivity contribution in [2.75, 3.05) is 0 Å². The van der Waals surface area contributed by atoms with Crippen LogP contribution in [-0.2, 0) is 0 Å². The first-order valence-electron chi connectivity index (χ1n) is 19.1. The van der Waals surface area contributed by atoms with Crippen LogP contribution >= 0.6 is 0 Å². The minimum Gasteiger partial charge on any atom is -0.454 e. The van der Waals surface area contributed by atoms with Crippen molar-refractivity contribution in [1.29, 1.82) is 0 Å². The smallest absolute Gasteiger partial charge is 0.164 e. The summed E-state index contributed by atoms with van der Waals surface area (Å²) in [6.45, 7) is 0. The summed E-state index contributed by atoms with van der Waals surface area (Å²) in [5, 5.41) is 6.95. The molecule has 0 saturated heterocycles. The van der Waals surface area contributed by atoms with E-state index in [2.05, 4.69) is 137 Å². The van der Waals surface area contributed by atoms with E-state index in [1.165, 1.54) is 27.2 Å². The average Bonchev–Trinajstić information content (AvgIpc) is 3.94. The van der Waals surface area contributed by atoms with Crippen molar-refractivity contribution in [2.45, 2.75) is 0 Å². The molecule has 12 rings (SSSR count). The van der Waals surface area contributed by atoms with Crippen LogP contribution < -0.4 is 0 Å². The number of hydrogen-bond donors (Lipinski definition) is 0. The SMILES string of the molecule is c1ccc(-c2nc(-c3ccccc3)nc(-c3ccc(-n4c5ccccc5c5ccc6c7ccc(-n8c9ccccc9c9ccccc98)cc7oc6c54)cc3)n2)cc1. The minimum absolute atomic E-state index is 0.621. The Bertz CT molecular complexity index is 3400. The van der Waals surface area contributed by atoms with Gasteiger partial charge in [0.2, 0.25) is 0 Å². The maximum atomic E-state index is 6.96. The fraction of sp³-hybridized carbons (Fsp3) is 0. The molecule has 0 atom stereocenters. The Morgan fingerprint density at radius 1 is 0.333 bits per heavy atom. The number of nitrogens with zero attached hydrogens (tertiary/aromatic N) is 5. The van der Waals surface area contributed by atoms with E-state index in [-0.39, 0.29) is 0 Å². The zero-order valence-electron chi connectivity index (χ0n) is 30.5. The van der Waals surface area contributed by atoms with Crippen molar-refractivity contribution in [3.63, 3.8) is 0 Å². The fourth-order valence-electron chi connectivity index (χ4n) is 8.58. The van der Waals surface area contributed by atoms with Gasteiger partial charge in [0.1, 0.15) is 5.58 Å². The average molecular weight is 730 g/mol. The van der Waals surface area contributed by atoms with Gasteiger partial charge in [-0.1, -0.05) is 121 Å². The molecule has 0 aliphatic carbocycles. The van der Waals surface area contributed by atoms with E-state index in [4.69, 9.17) is 19.4 Å². The van der Waals surface area contributed by atoms with Crippen molar-refractivity contribution in [2.24, 2.45) is 0 Å². The highest BCUT2D eigenvalue weighted by atomic mass is 16.3. The fourth-order valence-corrected chi connectivity index (χ4v) is 8.58. The Kier molecular flexibility index (Phi) is 6.83.